The van der Waals surface area contributed by atoms with Crippen molar-refractivity contribution >= 4 is 58.2 Å². The van der Waals surface area contributed by atoms with Crippen LogP contribution in [-0.4, -0.2) is 17.6 Å². The van der Waals surface area contributed by atoms with Crippen LogP contribution in [0.1, 0.15) is 27.2 Å². The average molecular weight is 425 g/mol. The van der Waals surface area contributed by atoms with Crippen LogP contribution in [0.25, 0.3) is 0 Å². The molecule has 0 saturated heterocycles. The van der Waals surface area contributed by atoms with E-state index in [-0.39, 0.29) is 23.0 Å². The molecule has 4 nitrogen and oxygen atoms in total. The number of thioether (sulfide) groups is 1. The quantitative estimate of drug-likeness (QED) is 0.550. The molecular weight excluding hydrogens is 403 g/mol. The Balaban J connectivity index is 1.90. The summed E-state index contributed by atoms with van der Waals surface area (Å²) in [7, 11) is 0. The van der Waals surface area contributed by atoms with Gasteiger partial charge >= 0.3 is 0 Å². The zero-order valence-corrected chi connectivity index (χ0v) is 17.8. The number of nitrogens with one attached hydrogen (secondary N) is 2. The van der Waals surface area contributed by atoms with Crippen LogP contribution in [0.15, 0.2) is 47.4 Å². The van der Waals surface area contributed by atoms with E-state index < -0.39 is 0 Å². The number of halogens is 2. The Morgan fingerprint density at radius 3 is 2.19 bits per heavy atom. The highest BCUT2D eigenvalue weighted by molar-refractivity contribution is 8.00. The summed E-state index contributed by atoms with van der Waals surface area (Å²) >= 11 is 13.2. The van der Waals surface area contributed by atoms with Crippen molar-refractivity contribution in [2.24, 2.45) is 5.41 Å². The lowest BCUT2D eigenvalue weighted by Gasteiger charge is -2.17. The first kappa shape index (κ1) is 21.6. The lowest BCUT2D eigenvalue weighted by atomic mass is 9.92. The monoisotopic (exact) mass is 424 g/mol. The van der Waals surface area contributed by atoms with Crippen LogP contribution < -0.4 is 10.6 Å². The summed E-state index contributed by atoms with van der Waals surface area (Å²) in [4.78, 5) is 25.1. The van der Waals surface area contributed by atoms with Crippen LogP contribution >= 0.6 is 35.0 Å². The van der Waals surface area contributed by atoms with Gasteiger partial charge in [-0.05, 0) is 41.8 Å². The van der Waals surface area contributed by atoms with Crippen LogP contribution in [0.5, 0.6) is 0 Å². The molecule has 0 heterocycles. The van der Waals surface area contributed by atoms with Gasteiger partial charge in [-0.25, -0.2) is 0 Å². The normalized spacial score (nSPS) is 11.1. The average Bonchev–Trinajstić information content (AvgIpc) is 2.50. The second kappa shape index (κ2) is 9.49. The number of carbonyl (C=O) groups is 2. The van der Waals surface area contributed by atoms with Crippen molar-refractivity contribution in [3.8, 4) is 0 Å². The van der Waals surface area contributed by atoms with Crippen molar-refractivity contribution in [3.05, 3.63) is 52.5 Å². The Bertz CT molecular complexity index is 815. The lowest BCUT2D eigenvalue weighted by Crippen LogP contribution is -2.19. The van der Waals surface area contributed by atoms with Gasteiger partial charge in [0.25, 0.3) is 0 Å². The molecule has 0 aromatic heterocycles. The number of hydrogen-bond donors (Lipinski definition) is 2. The molecule has 2 rings (SSSR count). The number of rotatable bonds is 6. The summed E-state index contributed by atoms with van der Waals surface area (Å²) < 4.78 is 0. The Hall–Kier alpha value is -1.69. The van der Waals surface area contributed by atoms with Gasteiger partial charge in [0.15, 0.2) is 0 Å². The van der Waals surface area contributed by atoms with Crippen LogP contribution in [0.2, 0.25) is 10.0 Å². The summed E-state index contributed by atoms with van der Waals surface area (Å²) in [6, 6.07) is 12.3. The summed E-state index contributed by atoms with van der Waals surface area (Å²) in [6.07, 6.45) is 0.439. The molecule has 0 spiro atoms. The second-order valence-electron chi connectivity index (χ2n) is 7.31. The molecule has 0 aliphatic heterocycles. The highest BCUT2D eigenvalue weighted by Crippen LogP contribution is 2.25. The number of hydrogen-bond acceptors (Lipinski definition) is 3. The second-order valence-corrected chi connectivity index (χ2v) is 9.23. The van der Waals surface area contributed by atoms with E-state index in [1.54, 1.807) is 18.2 Å². The van der Waals surface area contributed by atoms with Gasteiger partial charge in [-0.1, -0.05) is 50.0 Å². The van der Waals surface area contributed by atoms with Gasteiger partial charge in [-0.15, -0.1) is 11.8 Å². The summed E-state index contributed by atoms with van der Waals surface area (Å²) in [5.41, 5.74) is 1.20. The third kappa shape index (κ3) is 8.24. The lowest BCUT2D eigenvalue weighted by molar-refractivity contribution is -0.118. The van der Waals surface area contributed by atoms with Crippen molar-refractivity contribution in [1.82, 2.24) is 0 Å². The topological polar surface area (TPSA) is 58.2 Å². The van der Waals surface area contributed by atoms with E-state index in [4.69, 9.17) is 23.2 Å². The summed E-state index contributed by atoms with van der Waals surface area (Å²) in [5, 5.41) is 6.59. The zero-order chi connectivity index (χ0) is 20.0. The van der Waals surface area contributed by atoms with E-state index in [2.05, 4.69) is 10.6 Å². The van der Waals surface area contributed by atoms with E-state index in [9.17, 15) is 9.59 Å². The molecular formula is C20H22Cl2N2O2S. The zero-order valence-electron chi connectivity index (χ0n) is 15.4. The predicted molar refractivity (Wildman–Crippen MR) is 115 cm³/mol. The van der Waals surface area contributed by atoms with Crippen LogP contribution in [-0.2, 0) is 9.59 Å². The maximum Gasteiger partial charge on any atom is 0.234 e. The first-order valence-electron chi connectivity index (χ1n) is 8.39. The maximum atomic E-state index is 12.1. The fourth-order valence-corrected chi connectivity index (χ4v) is 3.60. The van der Waals surface area contributed by atoms with Gasteiger partial charge in [0.05, 0.1) is 5.75 Å². The molecule has 144 valence electrons. The van der Waals surface area contributed by atoms with Crippen LogP contribution in [0.4, 0.5) is 11.4 Å². The van der Waals surface area contributed by atoms with Gasteiger partial charge in [0.1, 0.15) is 0 Å². The van der Waals surface area contributed by atoms with E-state index in [0.717, 1.165) is 10.6 Å². The molecule has 7 heteroatoms. The molecule has 2 aromatic rings. The first-order chi connectivity index (χ1) is 12.6. The van der Waals surface area contributed by atoms with Crippen molar-refractivity contribution in [1.29, 1.82) is 0 Å². The van der Waals surface area contributed by atoms with Gasteiger partial charge in [0, 0.05) is 32.7 Å². The minimum Gasteiger partial charge on any atom is -0.326 e. The highest BCUT2D eigenvalue weighted by atomic mass is 35.5. The van der Waals surface area contributed by atoms with Crippen molar-refractivity contribution in [2.45, 2.75) is 32.1 Å². The molecule has 0 aliphatic carbocycles. The van der Waals surface area contributed by atoms with Gasteiger partial charge in [-0.2, -0.15) is 0 Å². The number of anilines is 2. The SMILES string of the molecule is CC(C)(C)CC(=O)Nc1cccc(SCC(=O)Nc2cc(Cl)cc(Cl)c2)c1. The molecule has 2 N–H and O–H groups in total. The molecule has 2 amide bonds. The Morgan fingerprint density at radius 1 is 0.926 bits per heavy atom. The van der Waals surface area contributed by atoms with E-state index in [0.29, 0.717) is 22.2 Å². The Morgan fingerprint density at radius 2 is 1.56 bits per heavy atom. The summed E-state index contributed by atoms with van der Waals surface area (Å²) in [6.45, 7) is 6.06. The number of benzene rings is 2. The van der Waals surface area contributed by atoms with Crippen molar-refractivity contribution in [2.75, 3.05) is 16.4 Å². The molecule has 0 saturated carbocycles. The first-order valence-corrected chi connectivity index (χ1v) is 10.1. The number of amides is 2. The van der Waals surface area contributed by atoms with Crippen LogP contribution in [0.3, 0.4) is 0 Å². The fraction of sp³-hybridized carbons (Fsp3) is 0.300. The number of carbonyl (C=O) groups excluding carboxylic acids is 2. The maximum absolute atomic E-state index is 12.1. The van der Waals surface area contributed by atoms with Crippen molar-refractivity contribution in [3.63, 3.8) is 0 Å². The minimum atomic E-state index is -0.166. The highest BCUT2D eigenvalue weighted by Gasteiger charge is 2.16. The van der Waals surface area contributed by atoms with E-state index in [1.807, 2.05) is 45.0 Å². The molecule has 2 aromatic carbocycles. The minimum absolute atomic E-state index is 0.0276. The van der Waals surface area contributed by atoms with Gasteiger partial charge in [-0.3, -0.25) is 9.59 Å². The van der Waals surface area contributed by atoms with E-state index >= 15 is 0 Å². The van der Waals surface area contributed by atoms with E-state index in [1.165, 1.54) is 11.8 Å². The standard InChI is InChI=1S/C20H22Cl2N2O2S/c1-20(2,3)11-18(25)23-15-5-4-6-17(10-15)27-12-19(26)24-16-8-13(21)7-14(22)9-16/h4-10H,11-12H2,1-3H3,(H,23,25)(H,24,26). The summed E-state index contributed by atoms with van der Waals surface area (Å²) in [5.74, 6) is 0.0320. The predicted octanol–water partition coefficient (Wildman–Crippen LogP) is 6.10. The third-order valence-corrected chi connectivity index (χ3v) is 4.76. The molecule has 27 heavy (non-hydrogen) atoms. The molecule has 0 atom stereocenters. The Labute approximate surface area is 174 Å². The molecule has 0 radical (unpaired) electrons. The molecule has 0 bridgehead atoms. The fourth-order valence-electron chi connectivity index (χ4n) is 2.32. The Kier molecular flexibility index (Phi) is 7.59. The largest absolute Gasteiger partial charge is 0.326 e. The smallest absolute Gasteiger partial charge is 0.234 e. The molecule has 0 unspecified atom stereocenters. The van der Waals surface area contributed by atoms with Crippen molar-refractivity contribution < 1.29 is 9.59 Å². The van der Waals surface area contributed by atoms with Gasteiger partial charge < -0.3 is 10.6 Å². The molecule has 0 aliphatic rings. The van der Waals surface area contributed by atoms with Gasteiger partial charge in [0.2, 0.25) is 11.8 Å². The van der Waals surface area contributed by atoms with Crippen LogP contribution in [0, 0.1) is 5.41 Å². The third-order valence-electron chi connectivity index (χ3n) is 3.32. The molecule has 0 fully saturated rings.